The van der Waals surface area contributed by atoms with Gasteiger partial charge in [0.1, 0.15) is 5.75 Å². The Morgan fingerprint density at radius 1 is 1.24 bits per heavy atom. The predicted octanol–water partition coefficient (Wildman–Crippen LogP) is 3.89. The Balaban J connectivity index is 2.12. The number of nitrogens with zero attached hydrogens (tertiary/aromatic N) is 2. The van der Waals surface area contributed by atoms with Crippen molar-refractivity contribution in [2.24, 2.45) is 0 Å². The van der Waals surface area contributed by atoms with E-state index in [9.17, 15) is 32.7 Å². The van der Waals surface area contributed by atoms with Crippen LogP contribution in [0, 0.1) is 0 Å². The number of ether oxygens (including phenoxy) is 1. The first-order valence-electron chi connectivity index (χ1n) is 12.8. The number of hydrogen-bond acceptors (Lipinski definition) is 5. The topological polar surface area (TPSA) is 99.2 Å². The number of amides is 3. The Hall–Kier alpha value is -2.82. The average molecular weight is 528 g/mol. The number of nitrogens with one attached hydrogen (secondary N) is 1. The smallest absolute Gasteiger partial charge is 0.417 e. The SMILES string of the molecule is CCC(=O)NCCN1C(=O)C(C)(CO)Oc2cc(C(F)(F)F)c(C(=O)N(C(C)C)C3CCCCC3)cc21. The minimum absolute atomic E-state index is 0.00891. The highest BCUT2D eigenvalue weighted by Gasteiger charge is 2.47. The van der Waals surface area contributed by atoms with Gasteiger partial charge in [0.25, 0.3) is 11.8 Å². The van der Waals surface area contributed by atoms with Gasteiger partial charge in [-0.05, 0) is 45.7 Å². The summed E-state index contributed by atoms with van der Waals surface area (Å²) >= 11 is 0. The molecular weight excluding hydrogens is 491 g/mol. The molecule has 1 aliphatic heterocycles. The molecule has 0 saturated heterocycles. The largest absolute Gasteiger partial charge is 0.473 e. The number of benzene rings is 1. The molecule has 1 aliphatic carbocycles. The number of carbonyl (C=O) groups is 3. The van der Waals surface area contributed by atoms with E-state index < -0.39 is 41.3 Å². The van der Waals surface area contributed by atoms with Crippen LogP contribution in [0.5, 0.6) is 5.75 Å². The number of aliphatic hydroxyl groups excluding tert-OH is 1. The van der Waals surface area contributed by atoms with Crippen molar-refractivity contribution in [3.05, 3.63) is 23.3 Å². The standard InChI is InChI=1S/C26H36F3N3O5/c1-5-22(34)30-11-12-31-20-13-18(23(35)32(16(2)3)17-9-7-6-8-10-17)19(26(27,28)29)14-21(20)37-25(4,15-33)24(31)36/h13-14,16-17,33H,5-12,15H2,1-4H3,(H,30,34). The van der Waals surface area contributed by atoms with Crippen LogP contribution < -0.4 is 15.0 Å². The Kier molecular flexibility index (Phi) is 8.77. The maximum Gasteiger partial charge on any atom is 0.417 e. The highest BCUT2D eigenvalue weighted by atomic mass is 19.4. The van der Waals surface area contributed by atoms with Gasteiger partial charge in [-0.15, -0.1) is 0 Å². The Morgan fingerprint density at radius 3 is 2.43 bits per heavy atom. The van der Waals surface area contributed by atoms with Gasteiger partial charge in [-0.2, -0.15) is 13.2 Å². The number of hydrogen-bond donors (Lipinski definition) is 2. The number of halogens is 3. The predicted molar refractivity (Wildman–Crippen MR) is 131 cm³/mol. The molecule has 1 saturated carbocycles. The van der Waals surface area contributed by atoms with Crippen LogP contribution in [0.4, 0.5) is 18.9 Å². The number of aliphatic hydroxyl groups is 1. The molecule has 3 amide bonds. The van der Waals surface area contributed by atoms with Crippen molar-refractivity contribution in [1.29, 1.82) is 0 Å². The van der Waals surface area contributed by atoms with E-state index in [4.69, 9.17) is 4.74 Å². The molecule has 206 valence electrons. The fourth-order valence-corrected chi connectivity index (χ4v) is 5.03. The van der Waals surface area contributed by atoms with Gasteiger partial charge < -0.3 is 25.0 Å². The molecule has 3 rings (SSSR count). The van der Waals surface area contributed by atoms with E-state index in [0.717, 1.165) is 44.2 Å². The van der Waals surface area contributed by atoms with Crippen molar-refractivity contribution in [2.45, 2.75) is 90.1 Å². The molecule has 1 fully saturated rings. The van der Waals surface area contributed by atoms with Crippen molar-refractivity contribution < 1.29 is 37.4 Å². The molecular formula is C26H36F3N3O5. The number of fused-ring (bicyclic) bond motifs is 1. The first-order chi connectivity index (χ1) is 17.3. The zero-order valence-electron chi connectivity index (χ0n) is 21.8. The molecule has 1 aromatic rings. The Labute approximate surface area is 215 Å². The molecule has 0 spiro atoms. The fraction of sp³-hybridized carbons (Fsp3) is 0.654. The lowest BCUT2D eigenvalue weighted by molar-refractivity contribution is -0.139. The number of rotatable bonds is 8. The molecule has 1 heterocycles. The summed E-state index contributed by atoms with van der Waals surface area (Å²) in [6.07, 6.45) is -0.382. The highest BCUT2D eigenvalue weighted by molar-refractivity contribution is 6.05. The lowest BCUT2D eigenvalue weighted by atomic mass is 9.92. The van der Waals surface area contributed by atoms with Crippen molar-refractivity contribution in [1.82, 2.24) is 10.2 Å². The zero-order valence-corrected chi connectivity index (χ0v) is 21.8. The van der Waals surface area contributed by atoms with Gasteiger partial charge in [-0.3, -0.25) is 14.4 Å². The van der Waals surface area contributed by atoms with Crippen molar-refractivity contribution in [3.63, 3.8) is 0 Å². The van der Waals surface area contributed by atoms with Crippen molar-refractivity contribution in [3.8, 4) is 5.75 Å². The van der Waals surface area contributed by atoms with Crippen LogP contribution in [0.3, 0.4) is 0 Å². The quantitative estimate of drug-likeness (QED) is 0.535. The lowest BCUT2D eigenvalue weighted by Gasteiger charge is -2.41. The molecule has 0 radical (unpaired) electrons. The van der Waals surface area contributed by atoms with Gasteiger partial charge in [0.15, 0.2) is 0 Å². The zero-order chi connectivity index (χ0) is 27.5. The second kappa shape index (κ2) is 11.3. The summed E-state index contributed by atoms with van der Waals surface area (Å²) in [6.45, 7) is 5.69. The third-order valence-electron chi connectivity index (χ3n) is 7.00. The first-order valence-corrected chi connectivity index (χ1v) is 12.8. The van der Waals surface area contributed by atoms with Gasteiger partial charge >= 0.3 is 6.18 Å². The monoisotopic (exact) mass is 527 g/mol. The van der Waals surface area contributed by atoms with Gasteiger partial charge in [-0.1, -0.05) is 26.2 Å². The second-order valence-electron chi connectivity index (χ2n) is 10.1. The van der Waals surface area contributed by atoms with Gasteiger partial charge in [-0.25, -0.2) is 0 Å². The van der Waals surface area contributed by atoms with Crippen molar-refractivity contribution >= 4 is 23.4 Å². The molecule has 37 heavy (non-hydrogen) atoms. The number of alkyl halides is 3. The summed E-state index contributed by atoms with van der Waals surface area (Å²) in [5.41, 5.74) is -3.54. The van der Waals surface area contributed by atoms with Gasteiger partial charge in [0.2, 0.25) is 11.5 Å². The Bertz CT molecular complexity index is 1020. The summed E-state index contributed by atoms with van der Waals surface area (Å²) in [7, 11) is 0. The van der Waals surface area contributed by atoms with Crippen LogP contribution >= 0.6 is 0 Å². The van der Waals surface area contributed by atoms with Crippen LogP contribution in [0.1, 0.15) is 82.1 Å². The van der Waals surface area contributed by atoms with Crippen molar-refractivity contribution in [2.75, 3.05) is 24.6 Å². The fourth-order valence-electron chi connectivity index (χ4n) is 5.03. The normalized spacial score (nSPS) is 20.5. The van der Waals surface area contributed by atoms with E-state index in [1.54, 1.807) is 20.8 Å². The molecule has 0 bridgehead atoms. The van der Waals surface area contributed by atoms with Gasteiger partial charge in [0.05, 0.1) is 23.4 Å². The van der Waals surface area contributed by atoms with Crippen LogP contribution in [0.15, 0.2) is 12.1 Å². The molecule has 2 N–H and O–H groups in total. The molecule has 2 aliphatic rings. The van der Waals surface area contributed by atoms with E-state index in [-0.39, 0.29) is 48.9 Å². The van der Waals surface area contributed by atoms with Gasteiger partial charge in [0, 0.05) is 31.6 Å². The van der Waals surface area contributed by atoms with E-state index in [2.05, 4.69) is 5.32 Å². The van der Waals surface area contributed by atoms with Crippen LogP contribution in [-0.2, 0) is 15.8 Å². The number of carbonyl (C=O) groups excluding carboxylic acids is 3. The average Bonchev–Trinajstić information content (AvgIpc) is 2.85. The summed E-state index contributed by atoms with van der Waals surface area (Å²) < 4.78 is 48.4. The molecule has 11 heteroatoms. The third kappa shape index (κ3) is 6.02. The van der Waals surface area contributed by atoms with Crippen LogP contribution in [0.2, 0.25) is 0 Å². The minimum Gasteiger partial charge on any atom is -0.473 e. The van der Waals surface area contributed by atoms with Crippen LogP contribution in [0.25, 0.3) is 0 Å². The number of anilines is 1. The molecule has 1 unspecified atom stereocenters. The third-order valence-corrected chi connectivity index (χ3v) is 7.00. The molecule has 8 nitrogen and oxygen atoms in total. The molecule has 1 atom stereocenters. The Morgan fingerprint density at radius 2 is 1.89 bits per heavy atom. The summed E-state index contributed by atoms with van der Waals surface area (Å²) in [5.74, 6) is -1.96. The summed E-state index contributed by atoms with van der Waals surface area (Å²) in [6, 6.07) is 1.30. The minimum atomic E-state index is -4.87. The van der Waals surface area contributed by atoms with E-state index in [0.29, 0.717) is 0 Å². The van der Waals surface area contributed by atoms with Crippen LogP contribution in [-0.4, -0.2) is 65.1 Å². The maximum atomic E-state index is 14.3. The second-order valence-corrected chi connectivity index (χ2v) is 10.1. The lowest BCUT2D eigenvalue weighted by Crippen LogP contribution is -2.58. The van der Waals surface area contributed by atoms with E-state index in [1.807, 2.05) is 0 Å². The maximum absolute atomic E-state index is 14.3. The summed E-state index contributed by atoms with van der Waals surface area (Å²) in [5, 5.41) is 12.5. The first kappa shape index (κ1) is 28.7. The molecule has 1 aromatic carbocycles. The summed E-state index contributed by atoms with van der Waals surface area (Å²) in [4.78, 5) is 41.4. The van der Waals surface area contributed by atoms with E-state index >= 15 is 0 Å². The highest BCUT2D eigenvalue weighted by Crippen LogP contribution is 2.44. The van der Waals surface area contributed by atoms with E-state index in [1.165, 1.54) is 16.7 Å². The molecule has 0 aromatic heterocycles.